The summed E-state index contributed by atoms with van der Waals surface area (Å²) in [6, 6.07) is 14.2. The van der Waals surface area contributed by atoms with Gasteiger partial charge in [-0.25, -0.2) is 0 Å². The molecule has 2 amide bonds. The van der Waals surface area contributed by atoms with Gasteiger partial charge in [-0.2, -0.15) is 0 Å². The molecule has 1 saturated heterocycles. The van der Waals surface area contributed by atoms with Gasteiger partial charge in [0.25, 0.3) is 0 Å². The number of amides is 2. The zero-order valence-electron chi connectivity index (χ0n) is 13.7. The van der Waals surface area contributed by atoms with Crippen LogP contribution in [0.1, 0.15) is 18.4 Å². The fourth-order valence-corrected chi connectivity index (χ4v) is 3.18. The lowest BCUT2D eigenvalue weighted by molar-refractivity contribution is -0.126. The molecule has 2 aromatic carbocycles. The Morgan fingerprint density at radius 2 is 2.04 bits per heavy atom. The number of carbonyl (C=O) groups excluding carboxylic acids is 2. The summed E-state index contributed by atoms with van der Waals surface area (Å²) in [5.41, 5.74) is 8.26. The van der Waals surface area contributed by atoms with E-state index < -0.39 is 6.04 Å². The Kier molecular flexibility index (Phi) is 5.24. The minimum absolute atomic E-state index is 0.102. The van der Waals surface area contributed by atoms with Gasteiger partial charge in [-0.15, -0.1) is 0 Å². The van der Waals surface area contributed by atoms with E-state index in [4.69, 9.17) is 17.3 Å². The minimum atomic E-state index is -0.486. The van der Waals surface area contributed by atoms with Crippen molar-refractivity contribution in [1.29, 1.82) is 0 Å². The fourth-order valence-electron chi connectivity index (χ4n) is 2.99. The predicted molar refractivity (Wildman–Crippen MR) is 99.5 cm³/mol. The summed E-state index contributed by atoms with van der Waals surface area (Å²) in [6.07, 6.45) is 1.44. The van der Waals surface area contributed by atoms with E-state index in [0.29, 0.717) is 36.5 Å². The quantitative estimate of drug-likeness (QED) is 0.808. The molecule has 0 aliphatic carbocycles. The topological polar surface area (TPSA) is 75.4 Å². The van der Waals surface area contributed by atoms with Crippen LogP contribution in [-0.2, 0) is 16.0 Å². The number of hydrogen-bond donors (Lipinski definition) is 2. The van der Waals surface area contributed by atoms with Crippen LogP contribution in [-0.4, -0.2) is 24.4 Å². The Bertz CT molecular complexity index is 794. The van der Waals surface area contributed by atoms with Crippen LogP contribution in [0.3, 0.4) is 0 Å². The highest BCUT2D eigenvalue weighted by atomic mass is 35.5. The number of hydrogen-bond acceptors (Lipinski definition) is 3. The number of nitrogen functional groups attached to an aromatic ring is 1. The number of halogens is 1. The Hall–Kier alpha value is -2.53. The lowest BCUT2D eigenvalue weighted by Crippen LogP contribution is -2.41. The van der Waals surface area contributed by atoms with Crippen LogP contribution < -0.4 is 16.0 Å². The molecule has 25 heavy (non-hydrogen) atoms. The molecule has 1 aliphatic heterocycles. The molecule has 6 heteroatoms. The van der Waals surface area contributed by atoms with Crippen LogP contribution in [0.15, 0.2) is 48.5 Å². The SMILES string of the molecule is Nc1ccccc1CCC(=O)NC1CCN(c2cccc(Cl)c2)C1=O. The zero-order valence-corrected chi connectivity index (χ0v) is 14.5. The molecule has 0 aromatic heterocycles. The molecule has 2 aromatic rings. The standard InChI is InChI=1S/C19H20ClN3O2/c20-14-5-3-6-15(12-14)23-11-10-17(19(23)25)22-18(24)9-8-13-4-1-2-7-16(13)21/h1-7,12,17H,8-11,21H2,(H,22,24). The maximum atomic E-state index is 12.5. The lowest BCUT2D eigenvalue weighted by atomic mass is 10.1. The lowest BCUT2D eigenvalue weighted by Gasteiger charge is -2.17. The fraction of sp³-hybridized carbons (Fsp3) is 0.263. The number of nitrogens with two attached hydrogens (primary N) is 1. The number of nitrogens with one attached hydrogen (secondary N) is 1. The molecular weight excluding hydrogens is 338 g/mol. The summed E-state index contributed by atoms with van der Waals surface area (Å²) in [4.78, 5) is 26.4. The van der Waals surface area contributed by atoms with Gasteiger partial charge in [0.1, 0.15) is 6.04 Å². The summed E-state index contributed by atoms with van der Waals surface area (Å²) in [5, 5.41) is 3.41. The van der Waals surface area contributed by atoms with Crippen LogP contribution in [0, 0.1) is 0 Å². The average Bonchev–Trinajstić information content (AvgIpc) is 2.95. The van der Waals surface area contributed by atoms with Gasteiger partial charge >= 0.3 is 0 Å². The van der Waals surface area contributed by atoms with Crippen molar-refractivity contribution >= 4 is 34.8 Å². The first-order valence-corrected chi connectivity index (χ1v) is 8.62. The first-order chi connectivity index (χ1) is 12.0. The third kappa shape index (κ3) is 4.12. The van der Waals surface area contributed by atoms with Gasteiger partial charge in [0.15, 0.2) is 0 Å². The van der Waals surface area contributed by atoms with E-state index in [9.17, 15) is 9.59 Å². The monoisotopic (exact) mass is 357 g/mol. The number of nitrogens with zero attached hydrogens (tertiary/aromatic N) is 1. The largest absolute Gasteiger partial charge is 0.399 e. The van der Waals surface area contributed by atoms with Crippen molar-refractivity contribution < 1.29 is 9.59 Å². The number of carbonyl (C=O) groups is 2. The van der Waals surface area contributed by atoms with E-state index in [1.807, 2.05) is 30.3 Å². The highest BCUT2D eigenvalue weighted by Gasteiger charge is 2.33. The molecule has 130 valence electrons. The van der Waals surface area contributed by atoms with Crippen LogP contribution in [0.25, 0.3) is 0 Å². The molecule has 1 unspecified atom stereocenters. The Morgan fingerprint density at radius 1 is 1.24 bits per heavy atom. The Balaban J connectivity index is 1.56. The second-order valence-corrected chi connectivity index (χ2v) is 6.51. The van der Waals surface area contributed by atoms with Crippen molar-refractivity contribution in [3.8, 4) is 0 Å². The number of benzene rings is 2. The molecular formula is C19H20ClN3O2. The van der Waals surface area contributed by atoms with E-state index in [0.717, 1.165) is 11.3 Å². The van der Waals surface area contributed by atoms with Crippen molar-refractivity contribution in [3.05, 3.63) is 59.1 Å². The normalized spacial score (nSPS) is 16.9. The molecule has 1 fully saturated rings. The Morgan fingerprint density at radius 3 is 2.80 bits per heavy atom. The van der Waals surface area contributed by atoms with Gasteiger partial charge in [-0.1, -0.05) is 35.9 Å². The molecule has 1 heterocycles. The molecule has 3 rings (SSSR count). The summed E-state index contributed by atoms with van der Waals surface area (Å²) in [5.74, 6) is -0.246. The first kappa shape index (κ1) is 17.3. The molecule has 0 saturated carbocycles. The van der Waals surface area contributed by atoms with E-state index in [1.54, 1.807) is 23.1 Å². The second-order valence-electron chi connectivity index (χ2n) is 6.08. The van der Waals surface area contributed by atoms with Gasteiger partial charge in [-0.05, 0) is 42.7 Å². The second kappa shape index (κ2) is 7.57. The van der Waals surface area contributed by atoms with E-state index in [1.165, 1.54) is 0 Å². The summed E-state index contributed by atoms with van der Waals surface area (Å²) in [6.45, 7) is 0.565. The first-order valence-electron chi connectivity index (χ1n) is 8.24. The molecule has 0 bridgehead atoms. The van der Waals surface area contributed by atoms with Crippen molar-refractivity contribution in [2.24, 2.45) is 0 Å². The maximum absolute atomic E-state index is 12.5. The minimum Gasteiger partial charge on any atom is -0.399 e. The number of anilines is 2. The van der Waals surface area contributed by atoms with Crippen molar-refractivity contribution in [2.45, 2.75) is 25.3 Å². The van der Waals surface area contributed by atoms with Crippen molar-refractivity contribution in [1.82, 2.24) is 5.32 Å². The van der Waals surface area contributed by atoms with E-state index >= 15 is 0 Å². The van der Waals surface area contributed by atoms with E-state index in [-0.39, 0.29) is 11.8 Å². The number of aryl methyl sites for hydroxylation is 1. The summed E-state index contributed by atoms with van der Waals surface area (Å²) >= 11 is 5.99. The predicted octanol–water partition coefficient (Wildman–Crippen LogP) is 2.78. The summed E-state index contributed by atoms with van der Waals surface area (Å²) in [7, 11) is 0. The molecule has 1 aliphatic rings. The maximum Gasteiger partial charge on any atom is 0.249 e. The van der Waals surface area contributed by atoms with Crippen molar-refractivity contribution in [2.75, 3.05) is 17.2 Å². The van der Waals surface area contributed by atoms with Gasteiger partial charge < -0.3 is 16.0 Å². The molecule has 0 spiro atoms. The number of para-hydroxylation sites is 1. The molecule has 3 N–H and O–H groups in total. The smallest absolute Gasteiger partial charge is 0.249 e. The third-order valence-corrected chi connectivity index (χ3v) is 4.57. The average molecular weight is 358 g/mol. The highest BCUT2D eigenvalue weighted by Crippen LogP contribution is 2.24. The highest BCUT2D eigenvalue weighted by molar-refractivity contribution is 6.31. The molecule has 0 radical (unpaired) electrons. The van der Waals surface area contributed by atoms with Crippen LogP contribution in [0.4, 0.5) is 11.4 Å². The molecule has 5 nitrogen and oxygen atoms in total. The molecule has 1 atom stereocenters. The van der Waals surface area contributed by atoms with Gasteiger partial charge in [-0.3, -0.25) is 9.59 Å². The van der Waals surface area contributed by atoms with Crippen LogP contribution in [0.5, 0.6) is 0 Å². The van der Waals surface area contributed by atoms with Crippen molar-refractivity contribution in [3.63, 3.8) is 0 Å². The van der Waals surface area contributed by atoms with E-state index in [2.05, 4.69) is 5.32 Å². The third-order valence-electron chi connectivity index (χ3n) is 4.34. The van der Waals surface area contributed by atoms with Gasteiger partial charge in [0, 0.05) is 29.4 Å². The van der Waals surface area contributed by atoms with Crippen LogP contribution in [0.2, 0.25) is 5.02 Å². The number of rotatable bonds is 5. The summed E-state index contributed by atoms with van der Waals surface area (Å²) < 4.78 is 0. The Labute approximate surface area is 151 Å². The zero-order chi connectivity index (χ0) is 17.8. The van der Waals surface area contributed by atoms with Crippen LogP contribution >= 0.6 is 11.6 Å². The van der Waals surface area contributed by atoms with Gasteiger partial charge in [0.05, 0.1) is 0 Å². The van der Waals surface area contributed by atoms with Gasteiger partial charge in [0.2, 0.25) is 11.8 Å².